The summed E-state index contributed by atoms with van der Waals surface area (Å²) in [7, 11) is -3.87. The van der Waals surface area contributed by atoms with Gasteiger partial charge in [-0.1, -0.05) is 79.7 Å². The quantitative estimate of drug-likeness (QED) is 0.308. The average Bonchev–Trinajstić information content (AvgIpc) is 3.15. The summed E-state index contributed by atoms with van der Waals surface area (Å²) in [6.07, 6.45) is 13.2. The molecule has 0 bridgehead atoms. The number of fused-ring (bicyclic) bond motifs is 1. The van der Waals surface area contributed by atoms with E-state index in [1.54, 1.807) is 5.57 Å². The first-order valence-electron chi connectivity index (χ1n) is 15.8. The fraction of sp³-hybridized carbons (Fsp3) is 0.824. The van der Waals surface area contributed by atoms with Crippen molar-refractivity contribution in [3.05, 3.63) is 35.5 Å². The SMILES string of the molecule is C=C1/C(=C\C=C2/CCC[C@]3(C)[C@@H](C(C)CO)CC[C@@H]23)C[C@@H](O[Si](C)(C)C(C)(C)C)C[C@@H]1O[Si](C)(C)C(C)(C)C. The average molecular weight is 575 g/mol. The van der Waals surface area contributed by atoms with Gasteiger partial charge >= 0.3 is 0 Å². The second-order valence-electron chi connectivity index (χ2n) is 16.5. The number of rotatable bonds is 7. The van der Waals surface area contributed by atoms with E-state index in [2.05, 4.69) is 100 Å². The normalized spacial score (nSPS) is 34.0. The van der Waals surface area contributed by atoms with E-state index >= 15 is 0 Å². The second kappa shape index (κ2) is 11.7. The Morgan fingerprint density at radius 2 is 1.59 bits per heavy atom. The summed E-state index contributed by atoms with van der Waals surface area (Å²) in [6.45, 7) is 33.1. The van der Waals surface area contributed by atoms with Crippen LogP contribution in [0.4, 0.5) is 0 Å². The van der Waals surface area contributed by atoms with Crippen LogP contribution in [0.25, 0.3) is 0 Å². The summed E-state index contributed by atoms with van der Waals surface area (Å²) in [5, 5.41) is 10.3. The van der Waals surface area contributed by atoms with E-state index in [9.17, 15) is 5.11 Å². The molecule has 3 saturated carbocycles. The van der Waals surface area contributed by atoms with Crippen molar-refractivity contribution >= 4 is 16.6 Å². The molecule has 0 aromatic carbocycles. The Kier molecular flexibility index (Phi) is 9.88. The molecular weight excluding hydrogens is 513 g/mol. The van der Waals surface area contributed by atoms with Crippen molar-refractivity contribution in [3.8, 4) is 0 Å². The van der Waals surface area contributed by atoms with E-state index in [0.29, 0.717) is 29.8 Å². The first-order valence-corrected chi connectivity index (χ1v) is 21.6. The van der Waals surface area contributed by atoms with Crippen LogP contribution in [0, 0.1) is 23.2 Å². The van der Waals surface area contributed by atoms with Gasteiger partial charge in [0.1, 0.15) is 0 Å². The fourth-order valence-corrected chi connectivity index (χ4v) is 9.78. The van der Waals surface area contributed by atoms with E-state index in [4.69, 9.17) is 8.85 Å². The summed E-state index contributed by atoms with van der Waals surface area (Å²) in [6, 6.07) is 0. The van der Waals surface area contributed by atoms with Crippen LogP contribution in [-0.2, 0) is 8.85 Å². The van der Waals surface area contributed by atoms with Crippen LogP contribution in [-0.4, -0.2) is 40.6 Å². The summed E-state index contributed by atoms with van der Waals surface area (Å²) in [5.41, 5.74) is 4.43. The number of allylic oxidation sites excluding steroid dienone is 3. The minimum Gasteiger partial charge on any atom is -0.413 e. The molecule has 0 spiro atoms. The minimum atomic E-state index is -1.96. The third-order valence-electron chi connectivity index (χ3n) is 11.7. The lowest BCUT2D eigenvalue weighted by atomic mass is 9.61. The zero-order valence-corrected chi connectivity index (χ0v) is 29.7. The molecule has 3 aliphatic rings. The van der Waals surface area contributed by atoms with E-state index in [-0.39, 0.29) is 22.3 Å². The molecule has 0 amide bonds. The number of hydrogen-bond acceptors (Lipinski definition) is 3. The second-order valence-corrected chi connectivity index (χ2v) is 26.0. The van der Waals surface area contributed by atoms with Crippen molar-refractivity contribution in [1.82, 2.24) is 0 Å². The van der Waals surface area contributed by atoms with Crippen molar-refractivity contribution in [2.24, 2.45) is 23.2 Å². The van der Waals surface area contributed by atoms with Gasteiger partial charge < -0.3 is 14.0 Å². The molecule has 6 atom stereocenters. The van der Waals surface area contributed by atoms with E-state index in [1.165, 1.54) is 43.3 Å². The molecule has 0 radical (unpaired) electrons. The minimum absolute atomic E-state index is 0.0250. The van der Waals surface area contributed by atoms with Gasteiger partial charge in [-0.25, -0.2) is 0 Å². The third kappa shape index (κ3) is 6.96. The Morgan fingerprint density at radius 3 is 2.15 bits per heavy atom. The molecule has 0 heterocycles. The van der Waals surface area contributed by atoms with Gasteiger partial charge in [0.2, 0.25) is 0 Å². The van der Waals surface area contributed by atoms with Crippen LogP contribution >= 0.6 is 0 Å². The molecule has 0 aromatic heterocycles. The third-order valence-corrected chi connectivity index (χ3v) is 20.8. The maximum atomic E-state index is 9.93. The molecule has 224 valence electrons. The highest BCUT2D eigenvalue weighted by molar-refractivity contribution is 6.74. The molecule has 1 N–H and O–H groups in total. The summed E-state index contributed by atoms with van der Waals surface area (Å²) in [5.74, 6) is 1.65. The largest absolute Gasteiger partial charge is 0.413 e. The summed E-state index contributed by atoms with van der Waals surface area (Å²) >= 11 is 0. The van der Waals surface area contributed by atoms with Crippen molar-refractivity contribution in [2.45, 2.75) is 149 Å². The van der Waals surface area contributed by atoms with Gasteiger partial charge in [-0.15, -0.1) is 0 Å². The standard InChI is InChI=1S/C34H62O3Si2/c1-24(23-35)29-18-19-30-26(15-14-20-34(29,30)9)16-17-27-21-28(36-38(10,11)32(3,4)5)22-31(25(27)2)37-39(12,13)33(6,7)8/h16-17,24,28-31,35H,2,14-15,18-23H2,1,3-13H3/b26-16+,27-17-/t24?,28-,29-,30+,31+,34-/m1/s1. The molecule has 0 aromatic rings. The molecule has 1 unspecified atom stereocenters. The number of aliphatic hydroxyl groups is 1. The van der Waals surface area contributed by atoms with Crippen LogP contribution < -0.4 is 0 Å². The van der Waals surface area contributed by atoms with Gasteiger partial charge in [-0.2, -0.15) is 0 Å². The predicted molar refractivity (Wildman–Crippen MR) is 173 cm³/mol. The lowest BCUT2D eigenvalue weighted by Crippen LogP contribution is -2.49. The highest BCUT2D eigenvalue weighted by atomic mass is 28.4. The topological polar surface area (TPSA) is 38.7 Å². The Hall–Kier alpha value is -0.466. The van der Waals surface area contributed by atoms with Gasteiger partial charge in [0.05, 0.1) is 12.2 Å². The lowest BCUT2D eigenvalue weighted by molar-refractivity contribution is 0.0690. The molecule has 39 heavy (non-hydrogen) atoms. The lowest BCUT2D eigenvalue weighted by Gasteiger charge is -2.45. The maximum absolute atomic E-state index is 9.93. The zero-order chi connectivity index (χ0) is 29.6. The smallest absolute Gasteiger partial charge is 0.192 e. The van der Waals surface area contributed by atoms with Crippen molar-refractivity contribution in [3.63, 3.8) is 0 Å². The number of hydrogen-bond donors (Lipinski definition) is 1. The van der Waals surface area contributed by atoms with Gasteiger partial charge in [0.25, 0.3) is 0 Å². The Labute approximate surface area is 244 Å². The van der Waals surface area contributed by atoms with Crippen LogP contribution in [0.2, 0.25) is 36.3 Å². The first-order chi connectivity index (χ1) is 17.7. The molecule has 3 aliphatic carbocycles. The highest BCUT2D eigenvalue weighted by Crippen LogP contribution is 2.59. The Balaban J connectivity index is 1.93. The van der Waals surface area contributed by atoms with Gasteiger partial charge in [0, 0.05) is 13.0 Å². The predicted octanol–water partition coefficient (Wildman–Crippen LogP) is 9.81. The van der Waals surface area contributed by atoms with Crippen LogP contribution in [0.5, 0.6) is 0 Å². The highest BCUT2D eigenvalue weighted by Gasteiger charge is 2.50. The molecule has 0 aliphatic heterocycles. The van der Waals surface area contributed by atoms with Crippen LogP contribution in [0.1, 0.15) is 100 Å². The molecule has 3 fully saturated rings. The van der Waals surface area contributed by atoms with Crippen LogP contribution in [0.3, 0.4) is 0 Å². The van der Waals surface area contributed by atoms with Crippen molar-refractivity contribution < 1.29 is 14.0 Å². The monoisotopic (exact) mass is 574 g/mol. The van der Waals surface area contributed by atoms with Gasteiger partial charge in [-0.3, -0.25) is 0 Å². The molecule has 0 saturated heterocycles. The molecule has 5 heteroatoms. The van der Waals surface area contributed by atoms with Crippen LogP contribution in [0.15, 0.2) is 35.5 Å². The fourth-order valence-electron chi connectivity index (χ4n) is 7.11. The Bertz CT molecular complexity index is 948. The van der Waals surface area contributed by atoms with Crippen molar-refractivity contribution in [2.75, 3.05) is 6.61 Å². The Morgan fingerprint density at radius 1 is 1.00 bits per heavy atom. The molecule has 3 nitrogen and oxygen atoms in total. The van der Waals surface area contributed by atoms with Gasteiger partial charge in [0.15, 0.2) is 16.6 Å². The van der Waals surface area contributed by atoms with E-state index in [1.807, 2.05) is 0 Å². The first kappa shape index (κ1) is 33.0. The maximum Gasteiger partial charge on any atom is 0.192 e. The van der Waals surface area contributed by atoms with E-state index in [0.717, 1.165) is 12.8 Å². The summed E-state index contributed by atoms with van der Waals surface area (Å²) in [4.78, 5) is 0. The van der Waals surface area contributed by atoms with Crippen molar-refractivity contribution in [1.29, 1.82) is 0 Å². The molecular formula is C34H62O3Si2. The summed E-state index contributed by atoms with van der Waals surface area (Å²) < 4.78 is 14.1. The van der Waals surface area contributed by atoms with E-state index < -0.39 is 16.6 Å². The van der Waals surface area contributed by atoms with Gasteiger partial charge in [-0.05, 0) is 109 Å². The zero-order valence-electron chi connectivity index (χ0n) is 27.7. The number of aliphatic hydroxyl groups excluding tert-OH is 1. The molecule has 3 rings (SSSR count).